The Morgan fingerprint density at radius 2 is 1.93 bits per heavy atom. The second-order valence-corrected chi connectivity index (χ2v) is 7.61. The molecule has 1 saturated heterocycles. The molecule has 0 aliphatic carbocycles. The molecule has 0 saturated carbocycles. The molecule has 0 radical (unpaired) electrons. The van der Waals surface area contributed by atoms with Crippen molar-refractivity contribution >= 4 is 17.7 Å². The van der Waals surface area contributed by atoms with Crippen molar-refractivity contribution in [3.05, 3.63) is 35.4 Å². The Balaban J connectivity index is 1.57. The minimum Gasteiger partial charge on any atom is -0.391 e. The zero-order valence-corrected chi connectivity index (χ0v) is 15.9. The maximum absolute atomic E-state index is 12.7. The predicted molar refractivity (Wildman–Crippen MR) is 99.8 cm³/mol. The minimum atomic E-state index is -0.678. The third-order valence-electron chi connectivity index (χ3n) is 5.30. The van der Waals surface area contributed by atoms with Gasteiger partial charge >= 0.3 is 0 Å². The number of nitrogens with one attached hydrogen (secondary N) is 1. The van der Waals surface area contributed by atoms with E-state index in [1.807, 2.05) is 18.2 Å². The second-order valence-electron chi connectivity index (χ2n) is 7.61. The number of likely N-dealkylation sites (tertiary alicyclic amines) is 1. The van der Waals surface area contributed by atoms with E-state index in [1.54, 1.807) is 29.7 Å². The predicted octanol–water partition coefficient (Wildman–Crippen LogP) is 0.766. The number of hydrogen-bond donors (Lipinski definition) is 2. The summed E-state index contributed by atoms with van der Waals surface area (Å²) in [5.41, 5.74) is 1.60. The summed E-state index contributed by atoms with van der Waals surface area (Å²) < 4.78 is 0. The Hall–Kier alpha value is -2.41. The van der Waals surface area contributed by atoms with Crippen molar-refractivity contribution in [1.29, 1.82) is 0 Å². The number of fused-ring (bicyclic) bond motifs is 1. The van der Waals surface area contributed by atoms with E-state index in [2.05, 4.69) is 5.32 Å². The van der Waals surface area contributed by atoms with Crippen molar-refractivity contribution in [3.63, 3.8) is 0 Å². The monoisotopic (exact) mass is 373 g/mol. The first-order valence-electron chi connectivity index (χ1n) is 9.50. The number of carbonyl (C=O) groups excluding carboxylic acids is 3. The van der Waals surface area contributed by atoms with Gasteiger partial charge in [0, 0.05) is 31.1 Å². The van der Waals surface area contributed by atoms with E-state index in [-0.39, 0.29) is 36.2 Å². The minimum absolute atomic E-state index is 0.0344. The number of aliphatic hydroxyl groups is 1. The van der Waals surface area contributed by atoms with Gasteiger partial charge in [0.05, 0.1) is 12.1 Å². The van der Waals surface area contributed by atoms with Crippen LogP contribution in [0.3, 0.4) is 0 Å². The van der Waals surface area contributed by atoms with Crippen LogP contribution in [-0.2, 0) is 16.1 Å². The molecule has 0 spiro atoms. The molecule has 2 heterocycles. The molecule has 3 rings (SSSR count). The van der Waals surface area contributed by atoms with E-state index in [0.29, 0.717) is 38.0 Å². The highest BCUT2D eigenvalue weighted by Crippen LogP contribution is 2.22. The summed E-state index contributed by atoms with van der Waals surface area (Å²) in [7, 11) is 0. The summed E-state index contributed by atoms with van der Waals surface area (Å²) >= 11 is 0. The fraction of sp³-hybridized carbons (Fsp3) is 0.550. The number of benzene rings is 1. The molecule has 7 heteroatoms. The van der Waals surface area contributed by atoms with Crippen LogP contribution in [-0.4, -0.2) is 64.4 Å². The second kappa shape index (κ2) is 8.08. The molecule has 1 aromatic rings. The van der Waals surface area contributed by atoms with Gasteiger partial charge in [0.2, 0.25) is 11.8 Å². The van der Waals surface area contributed by atoms with Crippen molar-refractivity contribution in [2.45, 2.75) is 45.4 Å². The molecule has 2 atom stereocenters. The normalized spacial score (nSPS) is 22.6. The molecule has 2 N–H and O–H groups in total. The van der Waals surface area contributed by atoms with Gasteiger partial charge < -0.3 is 20.2 Å². The summed E-state index contributed by atoms with van der Waals surface area (Å²) in [5.74, 6) is -0.490. The van der Waals surface area contributed by atoms with Crippen molar-refractivity contribution in [3.8, 4) is 0 Å². The first-order chi connectivity index (χ1) is 12.9. The number of hydrogen-bond acceptors (Lipinski definition) is 4. The Bertz CT molecular complexity index is 734. The van der Waals surface area contributed by atoms with Gasteiger partial charge in [-0.3, -0.25) is 14.4 Å². The van der Waals surface area contributed by atoms with E-state index in [4.69, 9.17) is 0 Å². The SMILES string of the molecule is CC(C)C(=O)N[C@H]1CCN(C(=O)CN2Cc3ccccc3C2=O)CC[C@@H]1O. The number of carbonyl (C=O) groups is 3. The Labute approximate surface area is 159 Å². The van der Waals surface area contributed by atoms with Crippen LogP contribution < -0.4 is 5.32 Å². The molecule has 1 aromatic carbocycles. The van der Waals surface area contributed by atoms with Crippen LogP contribution in [0.2, 0.25) is 0 Å². The van der Waals surface area contributed by atoms with Crippen LogP contribution in [0.1, 0.15) is 42.6 Å². The smallest absolute Gasteiger partial charge is 0.254 e. The fourth-order valence-corrected chi connectivity index (χ4v) is 3.56. The van der Waals surface area contributed by atoms with Crippen LogP contribution in [0, 0.1) is 5.92 Å². The van der Waals surface area contributed by atoms with Crippen LogP contribution in [0.25, 0.3) is 0 Å². The van der Waals surface area contributed by atoms with Crippen LogP contribution in [0.4, 0.5) is 0 Å². The first-order valence-corrected chi connectivity index (χ1v) is 9.50. The Morgan fingerprint density at radius 1 is 1.22 bits per heavy atom. The van der Waals surface area contributed by atoms with E-state index < -0.39 is 6.10 Å². The van der Waals surface area contributed by atoms with Gasteiger partial charge in [-0.05, 0) is 24.5 Å². The van der Waals surface area contributed by atoms with Gasteiger partial charge in [0.15, 0.2) is 0 Å². The number of rotatable bonds is 4. The summed E-state index contributed by atoms with van der Waals surface area (Å²) in [6, 6.07) is 7.05. The van der Waals surface area contributed by atoms with Crippen molar-refractivity contribution in [1.82, 2.24) is 15.1 Å². The maximum atomic E-state index is 12.7. The first kappa shape index (κ1) is 19.4. The van der Waals surface area contributed by atoms with Crippen molar-refractivity contribution in [2.24, 2.45) is 5.92 Å². The third kappa shape index (κ3) is 4.30. The Morgan fingerprint density at radius 3 is 2.63 bits per heavy atom. The third-order valence-corrected chi connectivity index (χ3v) is 5.30. The zero-order valence-electron chi connectivity index (χ0n) is 15.9. The van der Waals surface area contributed by atoms with Gasteiger partial charge in [0.25, 0.3) is 5.91 Å². The fourth-order valence-electron chi connectivity index (χ4n) is 3.56. The molecule has 0 unspecified atom stereocenters. The zero-order chi connectivity index (χ0) is 19.6. The average molecular weight is 373 g/mol. The highest BCUT2D eigenvalue weighted by atomic mass is 16.3. The molecule has 0 bridgehead atoms. The van der Waals surface area contributed by atoms with Crippen molar-refractivity contribution in [2.75, 3.05) is 19.6 Å². The highest BCUT2D eigenvalue weighted by Gasteiger charge is 2.32. The van der Waals surface area contributed by atoms with Crippen LogP contribution in [0.15, 0.2) is 24.3 Å². The molecule has 2 aliphatic rings. The van der Waals surface area contributed by atoms with E-state index in [1.165, 1.54) is 0 Å². The lowest BCUT2D eigenvalue weighted by Crippen LogP contribution is -2.45. The lowest BCUT2D eigenvalue weighted by Gasteiger charge is -2.24. The molecule has 27 heavy (non-hydrogen) atoms. The maximum Gasteiger partial charge on any atom is 0.254 e. The van der Waals surface area contributed by atoms with Gasteiger partial charge in [-0.2, -0.15) is 0 Å². The lowest BCUT2D eigenvalue weighted by atomic mass is 10.1. The summed E-state index contributed by atoms with van der Waals surface area (Å²) in [6.45, 7) is 4.96. The van der Waals surface area contributed by atoms with E-state index in [0.717, 1.165) is 5.56 Å². The molecule has 7 nitrogen and oxygen atoms in total. The molecular weight excluding hydrogens is 346 g/mol. The number of nitrogens with zero attached hydrogens (tertiary/aromatic N) is 2. The van der Waals surface area contributed by atoms with Gasteiger partial charge in [-0.15, -0.1) is 0 Å². The van der Waals surface area contributed by atoms with Crippen molar-refractivity contribution < 1.29 is 19.5 Å². The molecular formula is C20H27N3O4. The largest absolute Gasteiger partial charge is 0.391 e. The average Bonchev–Trinajstić information content (AvgIpc) is 2.83. The molecule has 1 fully saturated rings. The summed E-state index contributed by atoms with van der Waals surface area (Å²) in [5, 5.41) is 13.2. The lowest BCUT2D eigenvalue weighted by molar-refractivity contribution is -0.132. The van der Waals surface area contributed by atoms with Crippen LogP contribution >= 0.6 is 0 Å². The van der Waals surface area contributed by atoms with E-state index in [9.17, 15) is 19.5 Å². The van der Waals surface area contributed by atoms with Gasteiger partial charge in [0.1, 0.15) is 6.54 Å². The quantitative estimate of drug-likeness (QED) is 0.816. The molecule has 2 aliphatic heterocycles. The molecule has 0 aromatic heterocycles. The molecule has 146 valence electrons. The van der Waals surface area contributed by atoms with Gasteiger partial charge in [-0.25, -0.2) is 0 Å². The number of aliphatic hydroxyl groups excluding tert-OH is 1. The van der Waals surface area contributed by atoms with E-state index >= 15 is 0 Å². The summed E-state index contributed by atoms with van der Waals surface area (Å²) in [4.78, 5) is 40.3. The van der Waals surface area contributed by atoms with Gasteiger partial charge in [-0.1, -0.05) is 32.0 Å². The molecule has 3 amide bonds. The topological polar surface area (TPSA) is 90.0 Å². The number of amides is 3. The summed E-state index contributed by atoms with van der Waals surface area (Å²) in [6.07, 6.45) is 0.228. The standard InChI is InChI=1S/C20H27N3O4/c1-13(2)19(26)21-16-7-9-22(10-8-17(16)24)18(25)12-23-11-14-5-3-4-6-15(14)20(23)27/h3-6,13,16-17,24H,7-12H2,1-2H3,(H,21,26)/t16-,17-/m0/s1. The highest BCUT2D eigenvalue weighted by molar-refractivity contribution is 6.00. The Kier molecular flexibility index (Phi) is 5.79. The van der Waals surface area contributed by atoms with Crippen LogP contribution in [0.5, 0.6) is 0 Å².